The first-order chi connectivity index (χ1) is 10.8. The summed E-state index contributed by atoms with van der Waals surface area (Å²) < 4.78 is 0. The van der Waals surface area contributed by atoms with Crippen LogP contribution in [-0.2, 0) is 0 Å². The van der Waals surface area contributed by atoms with Crippen molar-refractivity contribution in [1.29, 1.82) is 5.26 Å². The summed E-state index contributed by atoms with van der Waals surface area (Å²) in [4.78, 5) is 4.25. The molecule has 0 radical (unpaired) electrons. The minimum atomic E-state index is 0.101. The molecular formula is C17H15ClN4. The molecule has 0 bridgehead atoms. The Morgan fingerprint density at radius 1 is 1.27 bits per heavy atom. The number of benzene rings is 1. The Balaban J connectivity index is 1.88. The average molecular weight is 311 g/mol. The standard InChI is InChI=1S/C17H15ClN4/c18-15-6-4-12(5-7-15)17-14(11-21-22-17)9-13(10-19)16-3-1-2-8-20-16/h1-9,14,17,21-22H,11H2/b13-9+. The van der Waals surface area contributed by atoms with Gasteiger partial charge in [-0.15, -0.1) is 0 Å². The Morgan fingerprint density at radius 2 is 2.09 bits per heavy atom. The lowest BCUT2D eigenvalue weighted by molar-refractivity contribution is 0.540. The lowest BCUT2D eigenvalue weighted by atomic mass is 9.92. The van der Waals surface area contributed by atoms with Gasteiger partial charge >= 0.3 is 0 Å². The second kappa shape index (κ2) is 6.71. The van der Waals surface area contributed by atoms with Crippen LogP contribution in [0.3, 0.4) is 0 Å². The highest BCUT2D eigenvalue weighted by atomic mass is 35.5. The summed E-state index contributed by atoms with van der Waals surface area (Å²) in [6.07, 6.45) is 3.68. The first-order valence-corrected chi connectivity index (χ1v) is 7.43. The molecule has 0 spiro atoms. The summed E-state index contributed by atoms with van der Waals surface area (Å²) in [5, 5.41) is 10.1. The minimum absolute atomic E-state index is 0.101. The molecule has 1 aliphatic heterocycles. The number of aromatic nitrogens is 1. The number of rotatable bonds is 3. The monoisotopic (exact) mass is 310 g/mol. The predicted molar refractivity (Wildman–Crippen MR) is 86.6 cm³/mol. The van der Waals surface area contributed by atoms with Crippen LogP contribution in [-0.4, -0.2) is 11.5 Å². The van der Waals surface area contributed by atoms with Crippen LogP contribution in [0.15, 0.2) is 54.7 Å². The molecule has 2 heterocycles. The molecule has 0 aliphatic carbocycles. The van der Waals surface area contributed by atoms with E-state index in [1.54, 1.807) is 6.20 Å². The number of halogens is 1. The fraction of sp³-hybridized carbons (Fsp3) is 0.176. The fourth-order valence-corrected chi connectivity index (χ4v) is 2.71. The molecule has 22 heavy (non-hydrogen) atoms. The molecule has 5 heteroatoms. The van der Waals surface area contributed by atoms with E-state index in [2.05, 4.69) is 21.9 Å². The van der Waals surface area contributed by atoms with Gasteiger partial charge in [-0.3, -0.25) is 10.4 Å². The van der Waals surface area contributed by atoms with Crippen LogP contribution in [0.2, 0.25) is 5.02 Å². The molecule has 2 N–H and O–H groups in total. The Labute approximate surface area is 134 Å². The molecule has 1 saturated heterocycles. The van der Waals surface area contributed by atoms with Gasteiger partial charge < -0.3 is 0 Å². The lowest BCUT2D eigenvalue weighted by Gasteiger charge is -2.16. The molecule has 1 aromatic carbocycles. The molecule has 2 unspecified atom stereocenters. The molecular weight excluding hydrogens is 296 g/mol. The maximum Gasteiger partial charge on any atom is 0.101 e. The molecule has 0 amide bonds. The first kappa shape index (κ1) is 14.7. The first-order valence-electron chi connectivity index (χ1n) is 7.05. The highest BCUT2D eigenvalue weighted by Crippen LogP contribution is 2.29. The van der Waals surface area contributed by atoms with Gasteiger partial charge in [-0.25, -0.2) is 5.43 Å². The summed E-state index contributed by atoms with van der Waals surface area (Å²) in [6.45, 7) is 0.755. The van der Waals surface area contributed by atoms with Crippen molar-refractivity contribution in [3.05, 3.63) is 71.0 Å². The predicted octanol–water partition coefficient (Wildman–Crippen LogP) is 3.11. The van der Waals surface area contributed by atoms with Crippen molar-refractivity contribution in [3.8, 4) is 6.07 Å². The largest absolute Gasteiger partial charge is 0.257 e. The van der Waals surface area contributed by atoms with Crippen LogP contribution >= 0.6 is 11.6 Å². The fourth-order valence-electron chi connectivity index (χ4n) is 2.58. The maximum atomic E-state index is 9.42. The van der Waals surface area contributed by atoms with Gasteiger partial charge in [-0.2, -0.15) is 5.26 Å². The SMILES string of the molecule is N#C/C(=C\C1CNNC1c1ccc(Cl)cc1)c1ccccn1. The van der Waals surface area contributed by atoms with Gasteiger partial charge in [0.1, 0.15) is 6.07 Å². The van der Waals surface area contributed by atoms with Crippen molar-refractivity contribution < 1.29 is 0 Å². The lowest BCUT2D eigenvalue weighted by Crippen LogP contribution is -2.24. The van der Waals surface area contributed by atoms with E-state index in [0.717, 1.165) is 12.1 Å². The van der Waals surface area contributed by atoms with Crippen LogP contribution in [0.25, 0.3) is 5.57 Å². The summed E-state index contributed by atoms with van der Waals surface area (Å²) in [6, 6.07) is 15.7. The number of hydrogen-bond donors (Lipinski definition) is 2. The van der Waals surface area contributed by atoms with Crippen molar-refractivity contribution in [2.75, 3.05) is 6.54 Å². The van der Waals surface area contributed by atoms with Crippen LogP contribution in [0.1, 0.15) is 17.3 Å². The van der Waals surface area contributed by atoms with Crippen molar-refractivity contribution in [3.63, 3.8) is 0 Å². The zero-order valence-electron chi connectivity index (χ0n) is 11.8. The Morgan fingerprint density at radius 3 is 2.77 bits per heavy atom. The third kappa shape index (κ3) is 3.18. The number of hydrogen-bond acceptors (Lipinski definition) is 4. The van der Waals surface area contributed by atoms with E-state index in [1.807, 2.05) is 48.5 Å². The van der Waals surface area contributed by atoms with Gasteiger partial charge in [0.25, 0.3) is 0 Å². The Bertz CT molecular complexity index is 704. The van der Waals surface area contributed by atoms with Gasteiger partial charge in [0.15, 0.2) is 0 Å². The third-order valence-corrected chi connectivity index (χ3v) is 3.95. The second-order valence-electron chi connectivity index (χ2n) is 5.13. The molecule has 1 fully saturated rings. The van der Waals surface area contributed by atoms with Gasteiger partial charge in [0.2, 0.25) is 0 Å². The van der Waals surface area contributed by atoms with Gasteiger partial charge in [0.05, 0.1) is 17.3 Å². The Hall–Kier alpha value is -2.19. The van der Waals surface area contributed by atoms with Crippen LogP contribution in [0.5, 0.6) is 0 Å². The van der Waals surface area contributed by atoms with Crippen molar-refractivity contribution in [1.82, 2.24) is 15.8 Å². The van der Waals surface area contributed by atoms with Crippen molar-refractivity contribution in [2.45, 2.75) is 6.04 Å². The third-order valence-electron chi connectivity index (χ3n) is 3.69. The summed E-state index contributed by atoms with van der Waals surface area (Å²) >= 11 is 5.94. The van der Waals surface area contributed by atoms with Crippen molar-refractivity contribution >= 4 is 17.2 Å². The Kier molecular flexibility index (Phi) is 4.50. The molecule has 3 rings (SSSR count). The zero-order chi connectivity index (χ0) is 15.4. The van der Waals surface area contributed by atoms with E-state index < -0.39 is 0 Å². The molecule has 2 atom stereocenters. The topological polar surface area (TPSA) is 60.7 Å². The van der Waals surface area contributed by atoms with Crippen LogP contribution in [0, 0.1) is 17.2 Å². The van der Waals surface area contributed by atoms with E-state index in [-0.39, 0.29) is 12.0 Å². The van der Waals surface area contributed by atoms with Gasteiger partial charge in [-0.1, -0.05) is 35.9 Å². The number of nitrogens with one attached hydrogen (secondary N) is 2. The van der Waals surface area contributed by atoms with Gasteiger partial charge in [0, 0.05) is 23.7 Å². The smallest absolute Gasteiger partial charge is 0.101 e. The van der Waals surface area contributed by atoms with E-state index in [0.29, 0.717) is 16.3 Å². The minimum Gasteiger partial charge on any atom is -0.257 e. The van der Waals surface area contributed by atoms with E-state index in [4.69, 9.17) is 11.6 Å². The maximum absolute atomic E-state index is 9.42. The molecule has 1 aliphatic rings. The van der Waals surface area contributed by atoms with Crippen LogP contribution in [0.4, 0.5) is 0 Å². The number of nitrogens with zero attached hydrogens (tertiary/aromatic N) is 2. The van der Waals surface area contributed by atoms with Crippen LogP contribution < -0.4 is 10.9 Å². The summed E-state index contributed by atoms with van der Waals surface area (Å²) in [5.41, 5.74) is 8.84. The van der Waals surface area contributed by atoms with E-state index >= 15 is 0 Å². The molecule has 0 saturated carbocycles. The molecule has 4 nitrogen and oxygen atoms in total. The molecule has 2 aromatic rings. The zero-order valence-corrected chi connectivity index (χ0v) is 12.6. The number of allylic oxidation sites excluding steroid dienone is 1. The number of nitriles is 1. The molecule has 1 aromatic heterocycles. The summed E-state index contributed by atoms with van der Waals surface area (Å²) in [5.74, 6) is 0.165. The normalized spacial score (nSPS) is 21.5. The van der Waals surface area contributed by atoms with Gasteiger partial charge in [-0.05, 0) is 29.8 Å². The quantitative estimate of drug-likeness (QED) is 0.855. The van der Waals surface area contributed by atoms with Crippen molar-refractivity contribution in [2.24, 2.45) is 5.92 Å². The number of hydrazine groups is 1. The van der Waals surface area contributed by atoms with E-state index in [9.17, 15) is 5.26 Å². The highest BCUT2D eigenvalue weighted by Gasteiger charge is 2.27. The highest BCUT2D eigenvalue weighted by molar-refractivity contribution is 6.30. The van der Waals surface area contributed by atoms with E-state index in [1.165, 1.54) is 0 Å². The summed E-state index contributed by atoms with van der Waals surface area (Å²) in [7, 11) is 0. The second-order valence-corrected chi connectivity index (χ2v) is 5.56. The molecule has 110 valence electrons. The number of pyridine rings is 1. The average Bonchev–Trinajstić information content (AvgIpc) is 3.02.